The number of benzene rings is 2. The molecule has 2 heterocycles. The number of fused-ring (bicyclic) bond motifs is 2. The molecule has 2 aromatic carbocycles. The summed E-state index contributed by atoms with van der Waals surface area (Å²) >= 11 is 3.40. The highest BCUT2D eigenvalue weighted by Gasteiger charge is 2.40. The third-order valence-corrected chi connectivity index (χ3v) is 5.75. The topological polar surface area (TPSA) is 59.8 Å². The Balaban J connectivity index is 1.77. The molecule has 0 bridgehead atoms. The molecule has 1 unspecified atom stereocenters. The largest absolute Gasteiger partial charge is 0.494 e. The van der Waals surface area contributed by atoms with Crippen molar-refractivity contribution >= 4 is 32.8 Å². The normalized spacial score (nSPS) is 15.8. The van der Waals surface area contributed by atoms with Crippen molar-refractivity contribution in [2.24, 2.45) is 0 Å². The van der Waals surface area contributed by atoms with Crippen molar-refractivity contribution in [3.63, 3.8) is 0 Å². The zero-order valence-electron chi connectivity index (χ0n) is 16.4. The lowest BCUT2D eigenvalue weighted by Gasteiger charge is -2.21. The molecule has 0 saturated carbocycles. The van der Waals surface area contributed by atoms with Crippen LogP contribution in [0.1, 0.15) is 53.9 Å². The van der Waals surface area contributed by atoms with Gasteiger partial charge in [-0.2, -0.15) is 0 Å². The first-order chi connectivity index (χ1) is 14.0. The number of unbranched alkanes of at least 4 members (excludes halogenated alkanes) is 2. The molecule has 29 heavy (non-hydrogen) atoms. The fourth-order valence-corrected chi connectivity index (χ4v) is 4.13. The van der Waals surface area contributed by atoms with Crippen molar-refractivity contribution in [2.45, 2.75) is 32.2 Å². The fraction of sp³-hybridized carbons (Fsp3) is 0.304. The minimum absolute atomic E-state index is 0.117. The highest BCUT2D eigenvalue weighted by Crippen LogP contribution is 2.38. The van der Waals surface area contributed by atoms with Gasteiger partial charge in [0.1, 0.15) is 11.3 Å². The molecule has 0 fully saturated rings. The third kappa shape index (κ3) is 3.57. The molecular formula is C23H22BrNO4. The average molecular weight is 456 g/mol. The van der Waals surface area contributed by atoms with Crippen LogP contribution in [0.15, 0.2) is 56.1 Å². The van der Waals surface area contributed by atoms with Gasteiger partial charge >= 0.3 is 0 Å². The molecule has 5 nitrogen and oxygen atoms in total. The fourth-order valence-electron chi connectivity index (χ4n) is 3.77. The lowest BCUT2D eigenvalue weighted by atomic mass is 9.98. The van der Waals surface area contributed by atoms with E-state index in [1.165, 1.54) is 0 Å². The first-order valence-corrected chi connectivity index (χ1v) is 10.6. The summed E-state index contributed by atoms with van der Waals surface area (Å²) in [6.45, 7) is 2.80. The van der Waals surface area contributed by atoms with E-state index in [2.05, 4.69) is 22.9 Å². The Labute approximate surface area is 177 Å². The second-order valence-electron chi connectivity index (χ2n) is 7.26. The van der Waals surface area contributed by atoms with Crippen LogP contribution in [0.2, 0.25) is 0 Å². The summed E-state index contributed by atoms with van der Waals surface area (Å²) in [6, 6.07) is 12.3. The second kappa shape index (κ2) is 8.03. The maximum absolute atomic E-state index is 13.3. The molecule has 0 spiro atoms. The van der Waals surface area contributed by atoms with E-state index in [9.17, 15) is 9.59 Å². The number of amides is 1. The SMILES string of the molecule is CCCCCOc1cccc(C2c3c(oc4ccc(Br)cc4c3=O)C(=O)N2C)c1. The molecule has 0 N–H and O–H groups in total. The molecule has 0 aliphatic carbocycles. The number of hydrogen-bond acceptors (Lipinski definition) is 4. The van der Waals surface area contributed by atoms with Gasteiger partial charge in [-0.05, 0) is 42.3 Å². The van der Waals surface area contributed by atoms with E-state index < -0.39 is 6.04 Å². The van der Waals surface area contributed by atoms with Gasteiger partial charge in [0.2, 0.25) is 5.76 Å². The Morgan fingerprint density at radius 2 is 1.97 bits per heavy atom. The van der Waals surface area contributed by atoms with E-state index in [4.69, 9.17) is 9.15 Å². The van der Waals surface area contributed by atoms with Crippen LogP contribution in [0.25, 0.3) is 11.0 Å². The summed E-state index contributed by atoms with van der Waals surface area (Å²) in [7, 11) is 1.69. The van der Waals surface area contributed by atoms with Crippen molar-refractivity contribution in [1.82, 2.24) is 4.90 Å². The number of carbonyl (C=O) groups excluding carboxylic acids is 1. The van der Waals surface area contributed by atoms with E-state index in [1.807, 2.05) is 24.3 Å². The molecule has 1 aliphatic rings. The van der Waals surface area contributed by atoms with Crippen LogP contribution in [0, 0.1) is 0 Å². The van der Waals surface area contributed by atoms with Gasteiger partial charge in [-0.3, -0.25) is 9.59 Å². The average Bonchev–Trinajstić information content (AvgIpc) is 2.97. The number of rotatable bonds is 6. The monoisotopic (exact) mass is 455 g/mol. The van der Waals surface area contributed by atoms with Crippen LogP contribution < -0.4 is 10.2 Å². The van der Waals surface area contributed by atoms with Crippen LogP contribution in [0.4, 0.5) is 0 Å². The molecular weight excluding hydrogens is 434 g/mol. The summed E-state index contributed by atoms with van der Waals surface area (Å²) in [6.07, 6.45) is 3.25. The second-order valence-corrected chi connectivity index (χ2v) is 8.18. The number of halogens is 1. The predicted molar refractivity (Wildman–Crippen MR) is 116 cm³/mol. The lowest BCUT2D eigenvalue weighted by Crippen LogP contribution is -2.25. The number of hydrogen-bond donors (Lipinski definition) is 0. The quantitative estimate of drug-likeness (QED) is 0.473. The molecule has 150 valence electrons. The summed E-state index contributed by atoms with van der Waals surface area (Å²) in [4.78, 5) is 27.7. The first-order valence-electron chi connectivity index (χ1n) is 9.77. The Morgan fingerprint density at radius 1 is 1.14 bits per heavy atom. The van der Waals surface area contributed by atoms with Gasteiger partial charge in [-0.15, -0.1) is 0 Å². The lowest BCUT2D eigenvalue weighted by molar-refractivity contribution is 0.0771. The summed E-state index contributed by atoms with van der Waals surface area (Å²) in [5.74, 6) is 0.564. The van der Waals surface area contributed by atoms with Crippen LogP contribution in [-0.2, 0) is 0 Å². The van der Waals surface area contributed by atoms with Gasteiger partial charge in [0.25, 0.3) is 5.91 Å². The minimum atomic E-state index is -0.503. The van der Waals surface area contributed by atoms with Gasteiger partial charge in [-0.1, -0.05) is 47.8 Å². The third-order valence-electron chi connectivity index (χ3n) is 5.25. The Hall–Kier alpha value is -2.60. The van der Waals surface area contributed by atoms with E-state index in [0.29, 0.717) is 23.1 Å². The van der Waals surface area contributed by atoms with Gasteiger partial charge in [-0.25, -0.2) is 0 Å². The van der Waals surface area contributed by atoms with E-state index in [1.54, 1.807) is 30.1 Å². The Kier molecular flexibility index (Phi) is 5.46. The maximum atomic E-state index is 13.3. The maximum Gasteiger partial charge on any atom is 0.290 e. The van der Waals surface area contributed by atoms with E-state index >= 15 is 0 Å². The first kappa shape index (κ1) is 19.7. The van der Waals surface area contributed by atoms with Crippen molar-refractivity contribution in [3.05, 3.63) is 74.0 Å². The van der Waals surface area contributed by atoms with Crippen LogP contribution in [-0.4, -0.2) is 24.5 Å². The van der Waals surface area contributed by atoms with Crippen molar-refractivity contribution in [1.29, 1.82) is 0 Å². The van der Waals surface area contributed by atoms with Crippen LogP contribution in [0.3, 0.4) is 0 Å². The molecule has 1 aromatic heterocycles. The molecule has 1 amide bonds. The summed E-state index contributed by atoms with van der Waals surface area (Å²) < 4.78 is 12.5. The highest BCUT2D eigenvalue weighted by atomic mass is 79.9. The van der Waals surface area contributed by atoms with Gasteiger partial charge in [0.05, 0.1) is 23.6 Å². The Morgan fingerprint density at radius 3 is 2.76 bits per heavy atom. The summed E-state index contributed by atoms with van der Waals surface area (Å²) in [5.41, 5.74) is 1.44. The van der Waals surface area contributed by atoms with Gasteiger partial charge in [0.15, 0.2) is 5.43 Å². The minimum Gasteiger partial charge on any atom is -0.494 e. The molecule has 0 radical (unpaired) electrons. The van der Waals surface area contributed by atoms with Gasteiger partial charge < -0.3 is 14.1 Å². The van der Waals surface area contributed by atoms with E-state index in [0.717, 1.165) is 35.0 Å². The number of ether oxygens (including phenoxy) is 1. The zero-order valence-corrected chi connectivity index (χ0v) is 18.0. The van der Waals surface area contributed by atoms with Crippen molar-refractivity contribution in [2.75, 3.05) is 13.7 Å². The standard InChI is InChI=1S/C23H22BrNO4/c1-3-4-5-11-28-16-8-6-7-14(12-16)20-19-21(26)17-13-15(24)9-10-18(17)29-22(19)23(27)25(20)2/h6-10,12-13,20H,3-5,11H2,1-2H3. The van der Waals surface area contributed by atoms with Crippen molar-refractivity contribution < 1.29 is 13.9 Å². The molecule has 6 heteroatoms. The molecule has 1 atom stereocenters. The van der Waals surface area contributed by atoms with E-state index in [-0.39, 0.29) is 17.1 Å². The molecule has 1 aliphatic heterocycles. The molecule has 3 aromatic rings. The predicted octanol–water partition coefficient (Wildman–Crippen LogP) is 5.30. The number of carbonyl (C=O) groups is 1. The van der Waals surface area contributed by atoms with Crippen molar-refractivity contribution in [3.8, 4) is 5.75 Å². The Bertz CT molecular complexity index is 1140. The number of nitrogens with zero attached hydrogens (tertiary/aromatic N) is 1. The van der Waals surface area contributed by atoms with Crippen LogP contribution >= 0.6 is 15.9 Å². The van der Waals surface area contributed by atoms with Crippen LogP contribution in [0.5, 0.6) is 5.75 Å². The summed E-state index contributed by atoms with van der Waals surface area (Å²) in [5, 5.41) is 0.457. The zero-order chi connectivity index (χ0) is 20.5. The molecule has 4 rings (SSSR count). The van der Waals surface area contributed by atoms with Gasteiger partial charge in [0, 0.05) is 11.5 Å². The molecule has 0 saturated heterocycles. The highest BCUT2D eigenvalue weighted by molar-refractivity contribution is 9.10. The smallest absolute Gasteiger partial charge is 0.290 e.